The summed E-state index contributed by atoms with van der Waals surface area (Å²) in [6.07, 6.45) is 3.22. The number of carbonyl (C=O) groups excluding carboxylic acids is 1. The number of hydrogen-bond donors (Lipinski definition) is 2. The quantitative estimate of drug-likeness (QED) is 0.511. The van der Waals surface area contributed by atoms with Crippen molar-refractivity contribution in [1.82, 2.24) is 10.0 Å². The molecule has 1 aliphatic rings. The van der Waals surface area contributed by atoms with Crippen LogP contribution in [0.1, 0.15) is 35.2 Å². The van der Waals surface area contributed by atoms with Gasteiger partial charge in [0.1, 0.15) is 4.90 Å². The van der Waals surface area contributed by atoms with E-state index in [2.05, 4.69) is 34.3 Å². The van der Waals surface area contributed by atoms with Crippen LogP contribution in [0.3, 0.4) is 0 Å². The predicted molar refractivity (Wildman–Crippen MR) is 127 cm³/mol. The Balaban J connectivity index is 1.53. The van der Waals surface area contributed by atoms with Crippen LogP contribution in [0, 0.1) is 0 Å². The highest BCUT2D eigenvalue weighted by atomic mass is 35.5. The molecule has 1 heterocycles. The van der Waals surface area contributed by atoms with Gasteiger partial charge >= 0.3 is 0 Å². The molecule has 2 N–H and O–H groups in total. The van der Waals surface area contributed by atoms with Gasteiger partial charge in [-0.15, -0.1) is 0 Å². The van der Waals surface area contributed by atoms with E-state index in [0.29, 0.717) is 13.2 Å². The summed E-state index contributed by atoms with van der Waals surface area (Å²) in [6, 6.07) is 12.6. The molecule has 2 aromatic rings. The van der Waals surface area contributed by atoms with Crippen molar-refractivity contribution >= 4 is 33.2 Å². The minimum atomic E-state index is -3.85. The van der Waals surface area contributed by atoms with E-state index >= 15 is 0 Å². The van der Waals surface area contributed by atoms with Gasteiger partial charge in [-0.25, -0.2) is 13.1 Å². The Bertz CT molecular complexity index is 1020. The van der Waals surface area contributed by atoms with Gasteiger partial charge in [0.25, 0.3) is 5.91 Å². The Morgan fingerprint density at radius 2 is 1.94 bits per heavy atom. The van der Waals surface area contributed by atoms with Crippen molar-refractivity contribution in [3.63, 3.8) is 0 Å². The van der Waals surface area contributed by atoms with E-state index < -0.39 is 10.0 Å². The lowest BCUT2D eigenvalue weighted by Crippen LogP contribution is -2.32. The molecule has 1 atom stereocenters. The highest BCUT2D eigenvalue weighted by Gasteiger charge is 2.23. The number of ether oxygens (including phenoxy) is 1. The average Bonchev–Trinajstić information content (AvgIpc) is 3.29. The molecule has 1 saturated heterocycles. The summed E-state index contributed by atoms with van der Waals surface area (Å²) in [5.41, 5.74) is 2.59. The Morgan fingerprint density at radius 3 is 2.59 bits per heavy atom. The van der Waals surface area contributed by atoms with E-state index in [0.717, 1.165) is 31.4 Å². The second kappa shape index (κ2) is 11.1. The van der Waals surface area contributed by atoms with E-state index in [-0.39, 0.29) is 34.0 Å². The van der Waals surface area contributed by atoms with Crippen molar-refractivity contribution in [3.8, 4) is 0 Å². The van der Waals surface area contributed by atoms with Gasteiger partial charge in [-0.3, -0.25) is 4.79 Å². The molecule has 1 amide bonds. The third-order valence-electron chi connectivity index (χ3n) is 5.39. The Kier molecular flexibility index (Phi) is 8.53. The van der Waals surface area contributed by atoms with E-state index in [4.69, 9.17) is 16.3 Å². The fourth-order valence-electron chi connectivity index (χ4n) is 3.49. The number of hydrogen-bond acceptors (Lipinski definition) is 5. The van der Waals surface area contributed by atoms with Crippen molar-refractivity contribution in [1.29, 1.82) is 0 Å². The molecule has 1 fully saturated rings. The summed E-state index contributed by atoms with van der Waals surface area (Å²) in [4.78, 5) is 14.5. The number of nitrogens with one attached hydrogen (secondary N) is 2. The molecule has 0 spiro atoms. The van der Waals surface area contributed by atoms with Crippen LogP contribution in [0.5, 0.6) is 0 Å². The number of halogens is 1. The summed E-state index contributed by atoms with van der Waals surface area (Å²) in [7, 11) is 0.145. The third kappa shape index (κ3) is 6.68. The summed E-state index contributed by atoms with van der Waals surface area (Å²) in [6.45, 7) is 1.31. The molecule has 1 aliphatic heterocycles. The number of aryl methyl sites for hydroxylation is 1. The molecule has 0 aliphatic carbocycles. The molecule has 0 radical (unpaired) electrons. The van der Waals surface area contributed by atoms with Crippen LogP contribution in [0.4, 0.5) is 5.69 Å². The van der Waals surface area contributed by atoms with Gasteiger partial charge in [-0.2, -0.15) is 0 Å². The van der Waals surface area contributed by atoms with Crippen LogP contribution in [-0.4, -0.2) is 54.2 Å². The first-order valence-electron chi connectivity index (χ1n) is 10.7. The largest absolute Gasteiger partial charge is 0.378 e. The van der Waals surface area contributed by atoms with Crippen molar-refractivity contribution < 1.29 is 17.9 Å². The lowest BCUT2D eigenvalue weighted by molar-refractivity contribution is 0.0953. The van der Waals surface area contributed by atoms with Gasteiger partial charge < -0.3 is 15.0 Å². The number of sulfonamides is 1. The number of anilines is 1. The number of rotatable bonds is 10. The van der Waals surface area contributed by atoms with E-state index in [1.807, 2.05) is 19.0 Å². The SMILES string of the molecule is CN(C)c1ccc(CCCNC(=O)c2ccc(Cl)c(S(=O)(=O)NCC3CCCO3)c2)cc1. The minimum absolute atomic E-state index is 0.0718. The Hall–Kier alpha value is -2.13. The second-order valence-electron chi connectivity index (χ2n) is 8.05. The molecular formula is C23H30ClN3O4S. The smallest absolute Gasteiger partial charge is 0.251 e. The number of amides is 1. The number of carbonyl (C=O) groups is 1. The minimum Gasteiger partial charge on any atom is -0.378 e. The lowest BCUT2D eigenvalue weighted by Gasteiger charge is -2.13. The zero-order valence-electron chi connectivity index (χ0n) is 18.4. The van der Waals surface area contributed by atoms with Gasteiger partial charge in [0, 0.05) is 45.0 Å². The zero-order valence-corrected chi connectivity index (χ0v) is 20.0. The molecular weight excluding hydrogens is 450 g/mol. The van der Waals surface area contributed by atoms with Gasteiger partial charge in [0.15, 0.2) is 0 Å². The van der Waals surface area contributed by atoms with E-state index in [1.54, 1.807) is 0 Å². The van der Waals surface area contributed by atoms with Crippen molar-refractivity contribution in [3.05, 3.63) is 58.6 Å². The van der Waals surface area contributed by atoms with Gasteiger partial charge in [-0.05, 0) is 61.6 Å². The maximum absolute atomic E-state index is 12.7. The zero-order chi connectivity index (χ0) is 23.1. The molecule has 0 bridgehead atoms. The molecule has 174 valence electrons. The predicted octanol–water partition coefficient (Wildman–Crippen LogP) is 3.23. The Morgan fingerprint density at radius 1 is 1.19 bits per heavy atom. The highest BCUT2D eigenvalue weighted by molar-refractivity contribution is 7.89. The first-order valence-corrected chi connectivity index (χ1v) is 12.6. The standard InChI is InChI=1S/C23H30ClN3O4S/c1-27(2)19-10-7-17(8-11-19)5-3-13-25-23(28)18-9-12-21(24)22(15-18)32(29,30)26-16-20-6-4-14-31-20/h7-12,15,20,26H,3-6,13-14,16H2,1-2H3,(H,25,28). The number of nitrogens with zero attached hydrogens (tertiary/aromatic N) is 1. The first-order chi connectivity index (χ1) is 15.3. The van der Waals surface area contributed by atoms with E-state index in [1.165, 1.54) is 23.8 Å². The molecule has 7 nitrogen and oxygen atoms in total. The van der Waals surface area contributed by atoms with Crippen LogP contribution in [0.15, 0.2) is 47.4 Å². The molecule has 32 heavy (non-hydrogen) atoms. The maximum Gasteiger partial charge on any atom is 0.251 e. The molecule has 0 saturated carbocycles. The van der Waals surface area contributed by atoms with Gasteiger partial charge in [0.05, 0.1) is 11.1 Å². The molecule has 1 unspecified atom stereocenters. The summed E-state index contributed by atoms with van der Waals surface area (Å²) in [5.74, 6) is -0.333. The van der Waals surface area contributed by atoms with Crippen molar-refractivity contribution in [2.75, 3.05) is 38.7 Å². The second-order valence-corrected chi connectivity index (χ2v) is 10.2. The highest BCUT2D eigenvalue weighted by Crippen LogP contribution is 2.23. The van der Waals surface area contributed by atoms with Crippen molar-refractivity contribution in [2.45, 2.75) is 36.7 Å². The van der Waals surface area contributed by atoms with Crippen LogP contribution in [0.2, 0.25) is 5.02 Å². The van der Waals surface area contributed by atoms with Crippen LogP contribution >= 0.6 is 11.6 Å². The normalized spacial score (nSPS) is 16.2. The maximum atomic E-state index is 12.7. The van der Waals surface area contributed by atoms with Gasteiger partial charge in [-0.1, -0.05) is 23.7 Å². The van der Waals surface area contributed by atoms with E-state index in [9.17, 15) is 13.2 Å². The summed E-state index contributed by atoms with van der Waals surface area (Å²) in [5, 5.41) is 2.92. The average molecular weight is 480 g/mol. The molecule has 0 aromatic heterocycles. The molecule has 2 aromatic carbocycles. The number of benzene rings is 2. The monoisotopic (exact) mass is 479 g/mol. The van der Waals surface area contributed by atoms with Crippen LogP contribution in [-0.2, 0) is 21.2 Å². The Labute approximate surface area is 195 Å². The van der Waals surface area contributed by atoms with Crippen LogP contribution in [0.25, 0.3) is 0 Å². The fraction of sp³-hybridized carbons (Fsp3) is 0.435. The lowest BCUT2D eigenvalue weighted by atomic mass is 10.1. The first kappa shape index (κ1) is 24.5. The van der Waals surface area contributed by atoms with Crippen molar-refractivity contribution in [2.24, 2.45) is 0 Å². The fourth-order valence-corrected chi connectivity index (χ4v) is 5.08. The summed E-state index contributed by atoms with van der Waals surface area (Å²) < 4.78 is 33.4. The topological polar surface area (TPSA) is 87.7 Å². The molecule has 3 rings (SSSR count). The third-order valence-corrected chi connectivity index (χ3v) is 7.29. The summed E-state index contributed by atoms with van der Waals surface area (Å²) >= 11 is 6.12. The van der Waals surface area contributed by atoms with Gasteiger partial charge in [0.2, 0.25) is 10.0 Å². The van der Waals surface area contributed by atoms with Crippen LogP contribution < -0.4 is 14.9 Å². The molecule has 9 heteroatoms.